The number of ketones is 1. The molecule has 2 aromatic rings. The average Bonchev–Trinajstić information content (AvgIpc) is 3.10. The molecule has 0 bridgehead atoms. The number of rotatable bonds is 4. The Bertz CT molecular complexity index is 692. The van der Waals surface area contributed by atoms with E-state index in [1.165, 1.54) is 6.26 Å². The molecule has 0 N–H and O–H groups in total. The van der Waals surface area contributed by atoms with Crippen molar-refractivity contribution in [2.45, 2.75) is 0 Å². The van der Waals surface area contributed by atoms with Crippen LogP contribution in [0.15, 0.2) is 47.1 Å². The number of carbonyl (C=O) groups is 2. The third kappa shape index (κ3) is 3.81. The Morgan fingerprint density at radius 2 is 1.78 bits per heavy atom. The summed E-state index contributed by atoms with van der Waals surface area (Å²) in [4.78, 5) is 28.5. The van der Waals surface area contributed by atoms with E-state index in [0.717, 1.165) is 9.13 Å². The van der Waals surface area contributed by atoms with Gasteiger partial charge in [-0.05, 0) is 46.9 Å². The van der Waals surface area contributed by atoms with Gasteiger partial charge in [0.1, 0.15) is 0 Å². The topological polar surface area (TPSA) is 53.8 Å². The first kappa shape index (κ1) is 16.2. The van der Waals surface area contributed by atoms with Crippen molar-refractivity contribution >= 4 is 34.3 Å². The molecule has 3 rings (SSSR count). The van der Waals surface area contributed by atoms with Crippen molar-refractivity contribution in [1.29, 1.82) is 0 Å². The molecule has 23 heavy (non-hydrogen) atoms. The summed E-state index contributed by atoms with van der Waals surface area (Å²) in [6.45, 7) is 2.99. The lowest BCUT2D eigenvalue weighted by Gasteiger charge is -2.34. The van der Waals surface area contributed by atoms with Gasteiger partial charge in [-0.25, -0.2) is 0 Å². The smallest absolute Gasteiger partial charge is 0.255 e. The van der Waals surface area contributed by atoms with E-state index in [9.17, 15) is 9.59 Å². The second-order valence-corrected chi connectivity index (χ2v) is 6.61. The van der Waals surface area contributed by atoms with Crippen LogP contribution >= 0.6 is 22.6 Å². The summed E-state index contributed by atoms with van der Waals surface area (Å²) in [5, 5.41) is 0. The zero-order valence-corrected chi connectivity index (χ0v) is 14.7. The number of amides is 1. The van der Waals surface area contributed by atoms with E-state index in [1.54, 1.807) is 12.1 Å². The molecule has 1 aromatic heterocycles. The lowest BCUT2D eigenvalue weighted by atomic mass is 10.1. The van der Waals surface area contributed by atoms with E-state index in [-0.39, 0.29) is 11.7 Å². The van der Waals surface area contributed by atoms with E-state index in [4.69, 9.17) is 4.42 Å². The Labute approximate surface area is 148 Å². The normalized spacial score (nSPS) is 15.6. The molecule has 1 fully saturated rings. The number of hydrogen-bond acceptors (Lipinski definition) is 4. The van der Waals surface area contributed by atoms with Gasteiger partial charge in [-0.1, -0.05) is 12.1 Å². The summed E-state index contributed by atoms with van der Waals surface area (Å²) >= 11 is 2.18. The number of furan rings is 1. The van der Waals surface area contributed by atoms with Gasteiger partial charge in [0.05, 0.1) is 18.4 Å². The quantitative estimate of drug-likeness (QED) is 0.560. The van der Waals surface area contributed by atoms with Gasteiger partial charge in [0.2, 0.25) is 5.78 Å². The lowest BCUT2D eigenvalue weighted by molar-refractivity contribution is 0.0619. The van der Waals surface area contributed by atoms with Crippen LogP contribution in [0.3, 0.4) is 0 Å². The van der Waals surface area contributed by atoms with Crippen molar-refractivity contribution in [1.82, 2.24) is 9.80 Å². The second-order valence-electron chi connectivity index (χ2n) is 5.45. The highest BCUT2D eigenvalue weighted by molar-refractivity contribution is 14.1. The molecule has 6 heteroatoms. The highest BCUT2D eigenvalue weighted by atomic mass is 127. The number of Topliss-reactive ketones (excluding diaryl/α,β-unsaturated/α-hetero) is 1. The molecular formula is C17H17IN2O3. The molecular weight excluding hydrogens is 407 g/mol. The van der Waals surface area contributed by atoms with Gasteiger partial charge < -0.3 is 9.32 Å². The van der Waals surface area contributed by atoms with Crippen molar-refractivity contribution in [2.75, 3.05) is 32.7 Å². The van der Waals surface area contributed by atoms with Gasteiger partial charge in [-0.3, -0.25) is 14.5 Å². The highest BCUT2D eigenvalue weighted by Crippen LogP contribution is 2.15. The Kier molecular flexibility index (Phi) is 5.12. The minimum Gasteiger partial charge on any atom is -0.461 e. The van der Waals surface area contributed by atoms with Crippen LogP contribution in [0.25, 0.3) is 0 Å². The summed E-state index contributed by atoms with van der Waals surface area (Å²) in [5.74, 6) is 0.432. The van der Waals surface area contributed by atoms with Gasteiger partial charge in [-0.2, -0.15) is 0 Å². The van der Waals surface area contributed by atoms with Crippen molar-refractivity contribution in [2.24, 2.45) is 0 Å². The molecule has 1 aliphatic heterocycles. The standard InChI is InChI=1S/C17H17IN2O3/c18-14-5-2-1-4-13(14)17(22)20-9-7-19(8-10-20)12-15(21)16-6-3-11-23-16/h1-6,11H,7-10,12H2. The van der Waals surface area contributed by atoms with E-state index in [0.29, 0.717) is 38.5 Å². The molecule has 0 saturated carbocycles. The van der Waals surface area contributed by atoms with E-state index in [2.05, 4.69) is 27.5 Å². The average molecular weight is 424 g/mol. The monoisotopic (exact) mass is 424 g/mol. The molecule has 0 spiro atoms. The number of hydrogen-bond donors (Lipinski definition) is 0. The maximum absolute atomic E-state index is 12.6. The lowest BCUT2D eigenvalue weighted by Crippen LogP contribution is -2.50. The number of halogens is 1. The zero-order valence-electron chi connectivity index (χ0n) is 12.6. The molecule has 1 aliphatic rings. The van der Waals surface area contributed by atoms with Crippen LogP contribution in [0.5, 0.6) is 0 Å². The third-order valence-electron chi connectivity index (χ3n) is 3.93. The fourth-order valence-corrected chi connectivity index (χ4v) is 3.25. The van der Waals surface area contributed by atoms with Crippen LogP contribution < -0.4 is 0 Å². The van der Waals surface area contributed by atoms with Crippen molar-refractivity contribution in [3.63, 3.8) is 0 Å². The largest absolute Gasteiger partial charge is 0.461 e. The van der Waals surface area contributed by atoms with Crippen molar-refractivity contribution in [3.8, 4) is 0 Å². The molecule has 1 saturated heterocycles. The van der Waals surface area contributed by atoms with Crippen LogP contribution in [-0.2, 0) is 0 Å². The Balaban J connectivity index is 1.55. The minimum atomic E-state index is -0.0209. The number of benzene rings is 1. The number of nitrogens with zero attached hydrogens (tertiary/aromatic N) is 2. The summed E-state index contributed by atoms with van der Waals surface area (Å²) in [6.07, 6.45) is 1.51. The van der Waals surface area contributed by atoms with E-state index in [1.807, 2.05) is 29.2 Å². The van der Waals surface area contributed by atoms with Crippen LogP contribution in [-0.4, -0.2) is 54.2 Å². The molecule has 0 aliphatic carbocycles. The fraction of sp³-hybridized carbons (Fsp3) is 0.294. The summed E-state index contributed by atoms with van der Waals surface area (Å²) in [6, 6.07) is 11.0. The summed E-state index contributed by atoms with van der Waals surface area (Å²) < 4.78 is 6.09. The predicted octanol–water partition coefficient (Wildman–Crippen LogP) is 2.52. The van der Waals surface area contributed by atoms with E-state index < -0.39 is 0 Å². The molecule has 5 nitrogen and oxygen atoms in total. The maximum atomic E-state index is 12.6. The summed E-state index contributed by atoms with van der Waals surface area (Å²) in [7, 11) is 0. The van der Waals surface area contributed by atoms with Crippen LogP contribution in [0.4, 0.5) is 0 Å². The van der Waals surface area contributed by atoms with Crippen LogP contribution in [0.1, 0.15) is 20.9 Å². The van der Waals surface area contributed by atoms with Gasteiger partial charge in [0.25, 0.3) is 5.91 Å². The van der Waals surface area contributed by atoms with Crippen molar-refractivity contribution in [3.05, 3.63) is 57.6 Å². The van der Waals surface area contributed by atoms with E-state index >= 15 is 0 Å². The molecule has 1 amide bonds. The molecule has 2 heterocycles. The van der Waals surface area contributed by atoms with Crippen LogP contribution in [0.2, 0.25) is 0 Å². The number of piperazine rings is 1. The molecule has 0 atom stereocenters. The van der Waals surface area contributed by atoms with Crippen LogP contribution in [0, 0.1) is 3.57 Å². The van der Waals surface area contributed by atoms with Crippen molar-refractivity contribution < 1.29 is 14.0 Å². The molecule has 1 aromatic carbocycles. The zero-order chi connectivity index (χ0) is 16.2. The van der Waals surface area contributed by atoms with Gasteiger partial charge in [0.15, 0.2) is 5.76 Å². The number of carbonyl (C=O) groups excluding carboxylic acids is 2. The highest BCUT2D eigenvalue weighted by Gasteiger charge is 2.24. The molecule has 0 unspecified atom stereocenters. The first-order valence-corrected chi connectivity index (χ1v) is 8.56. The molecule has 0 radical (unpaired) electrons. The van der Waals surface area contributed by atoms with Gasteiger partial charge in [0, 0.05) is 29.7 Å². The van der Waals surface area contributed by atoms with Gasteiger partial charge >= 0.3 is 0 Å². The van der Waals surface area contributed by atoms with Gasteiger partial charge in [-0.15, -0.1) is 0 Å². The fourth-order valence-electron chi connectivity index (χ4n) is 2.63. The first-order chi connectivity index (χ1) is 11.1. The summed E-state index contributed by atoms with van der Waals surface area (Å²) in [5.41, 5.74) is 0.744. The predicted molar refractivity (Wildman–Crippen MR) is 94.5 cm³/mol. The first-order valence-electron chi connectivity index (χ1n) is 7.48. The maximum Gasteiger partial charge on any atom is 0.255 e. The minimum absolute atomic E-state index is 0.0209. The SMILES string of the molecule is O=C(CN1CCN(C(=O)c2ccccc2I)CC1)c1ccco1. The second kappa shape index (κ2) is 7.27. The Morgan fingerprint density at radius 3 is 2.43 bits per heavy atom. The Morgan fingerprint density at radius 1 is 1.04 bits per heavy atom. The molecule has 120 valence electrons. The Hall–Kier alpha value is -1.67. The third-order valence-corrected chi connectivity index (χ3v) is 4.87.